The first-order valence-electron chi connectivity index (χ1n) is 5.89. The van der Waals surface area contributed by atoms with Crippen molar-refractivity contribution in [2.75, 3.05) is 14.2 Å². The second-order valence-corrected chi connectivity index (χ2v) is 4.12. The van der Waals surface area contributed by atoms with E-state index in [0.717, 1.165) is 17.1 Å². The predicted molar refractivity (Wildman–Crippen MR) is 70.4 cm³/mol. The van der Waals surface area contributed by atoms with E-state index in [1.807, 2.05) is 35.8 Å². The summed E-state index contributed by atoms with van der Waals surface area (Å²) in [5.41, 5.74) is 1.52. The Morgan fingerprint density at radius 1 is 1.26 bits per heavy atom. The molecule has 0 spiro atoms. The van der Waals surface area contributed by atoms with Gasteiger partial charge in [-0.3, -0.25) is 0 Å². The number of rotatable bonds is 4. The Hall–Kier alpha value is -2.30. The van der Waals surface area contributed by atoms with Crippen molar-refractivity contribution in [1.29, 1.82) is 0 Å². The summed E-state index contributed by atoms with van der Waals surface area (Å²) in [4.78, 5) is 15.8. The van der Waals surface area contributed by atoms with Gasteiger partial charge in [0.05, 0.1) is 20.4 Å². The number of nitrogens with zero attached hydrogens (tertiary/aromatic N) is 2. The van der Waals surface area contributed by atoms with E-state index in [0.29, 0.717) is 12.2 Å². The fourth-order valence-electron chi connectivity index (χ4n) is 1.85. The summed E-state index contributed by atoms with van der Waals surface area (Å²) < 4.78 is 11.7. The molecular formula is C14H16N2O3. The number of hydrogen-bond acceptors (Lipinski definition) is 4. The molecule has 2 aromatic rings. The van der Waals surface area contributed by atoms with Crippen molar-refractivity contribution in [3.05, 3.63) is 47.5 Å². The molecule has 0 aliphatic carbocycles. The highest BCUT2D eigenvalue weighted by Crippen LogP contribution is 2.15. The maximum atomic E-state index is 11.6. The standard InChI is InChI=1S/C14H16N2O3/c1-10-15-8-13(14(17)19-3)16(10)9-11-4-6-12(18-2)7-5-11/h4-8H,9H2,1-3H3. The van der Waals surface area contributed by atoms with Crippen molar-refractivity contribution in [2.24, 2.45) is 0 Å². The van der Waals surface area contributed by atoms with Crippen LogP contribution in [0.3, 0.4) is 0 Å². The molecule has 0 saturated carbocycles. The van der Waals surface area contributed by atoms with Gasteiger partial charge in [-0.1, -0.05) is 12.1 Å². The number of ether oxygens (including phenoxy) is 2. The average Bonchev–Trinajstić information content (AvgIpc) is 2.80. The van der Waals surface area contributed by atoms with Gasteiger partial charge in [-0.05, 0) is 24.6 Å². The van der Waals surface area contributed by atoms with E-state index in [2.05, 4.69) is 4.98 Å². The molecule has 1 aromatic carbocycles. The van der Waals surface area contributed by atoms with Crippen LogP contribution in [-0.2, 0) is 11.3 Å². The zero-order valence-corrected chi connectivity index (χ0v) is 11.2. The van der Waals surface area contributed by atoms with Crippen LogP contribution in [0.15, 0.2) is 30.5 Å². The first-order valence-corrected chi connectivity index (χ1v) is 5.89. The molecule has 1 aromatic heterocycles. The van der Waals surface area contributed by atoms with Crippen molar-refractivity contribution in [3.63, 3.8) is 0 Å². The van der Waals surface area contributed by atoms with Crippen molar-refractivity contribution in [2.45, 2.75) is 13.5 Å². The van der Waals surface area contributed by atoms with Crippen molar-refractivity contribution in [3.8, 4) is 5.75 Å². The lowest BCUT2D eigenvalue weighted by Crippen LogP contribution is -2.12. The third kappa shape index (κ3) is 2.76. The zero-order chi connectivity index (χ0) is 13.8. The molecule has 5 nitrogen and oxygen atoms in total. The lowest BCUT2D eigenvalue weighted by atomic mass is 10.2. The van der Waals surface area contributed by atoms with Crippen molar-refractivity contribution < 1.29 is 14.3 Å². The third-order valence-corrected chi connectivity index (χ3v) is 2.95. The number of aryl methyl sites for hydroxylation is 1. The molecule has 0 amide bonds. The molecule has 0 unspecified atom stereocenters. The molecule has 0 saturated heterocycles. The molecule has 0 fully saturated rings. The van der Waals surface area contributed by atoms with Crippen LogP contribution in [0.25, 0.3) is 0 Å². The SMILES string of the molecule is COC(=O)c1cnc(C)n1Cc1ccc(OC)cc1. The molecule has 0 aliphatic rings. The largest absolute Gasteiger partial charge is 0.497 e. The minimum Gasteiger partial charge on any atom is -0.497 e. The van der Waals surface area contributed by atoms with Gasteiger partial charge in [0.1, 0.15) is 17.3 Å². The summed E-state index contributed by atoms with van der Waals surface area (Å²) in [6.07, 6.45) is 1.53. The average molecular weight is 260 g/mol. The maximum absolute atomic E-state index is 11.6. The number of aromatic nitrogens is 2. The molecule has 0 aliphatic heterocycles. The smallest absolute Gasteiger partial charge is 0.356 e. The van der Waals surface area contributed by atoms with Gasteiger partial charge in [-0.25, -0.2) is 9.78 Å². The van der Waals surface area contributed by atoms with E-state index in [1.165, 1.54) is 13.3 Å². The molecule has 100 valence electrons. The minimum atomic E-state index is -0.380. The number of benzene rings is 1. The number of carbonyl (C=O) groups is 1. The summed E-state index contributed by atoms with van der Waals surface area (Å²) in [6, 6.07) is 7.69. The van der Waals surface area contributed by atoms with Crippen LogP contribution in [0.5, 0.6) is 5.75 Å². The van der Waals surface area contributed by atoms with E-state index < -0.39 is 0 Å². The van der Waals surface area contributed by atoms with Crippen LogP contribution in [0.1, 0.15) is 21.9 Å². The van der Waals surface area contributed by atoms with Crippen molar-refractivity contribution in [1.82, 2.24) is 9.55 Å². The number of methoxy groups -OCH3 is 2. The predicted octanol–water partition coefficient (Wildman–Crippen LogP) is 2.04. The molecule has 0 radical (unpaired) electrons. The first-order chi connectivity index (χ1) is 9.15. The highest BCUT2D eigenvalue weighted by Gasteiger charge is 2.14. The van der Waals surface area contributed by atoms with E-state index in [1.54, 1.807) is 7.11 Å². The highest BCUT2D eigenvalue weighted by atomic mass is 16.5. The van der Waals surface area contributed by atoms with Gasteiger partial charge in [0.15, 0.2) is 0 Å². The maximum Gasteiger partial charge on any atom is 0.356 e. The number of hydrogen-bond donors (Lipinski definition) is 0. The van der Waals surface area contributed by atoms with Crippen LogP contribution in [0, 0.1) is 6.92 Å². The Morgan fingerprint density at radius 3 is 2.53 bits per heavy atom. The van der Waals surface area contributed by atoms with Gasteiger partial charge >= 0.3 is 5.97 Å². The van der Waals surface area contributed by atoms with Gasteiger partial charge in [0, 0.05) is 6.54 Å². The molecule has 0 N–H and O–H groups in total. The molecule has 1 heterocycles. The van der Waals surface area contributed by atoms with E-state index in [4.69, 9.17) is 9.47 Å². The van der Waals surface area contributed by atoms with Crippen LogP contribution in [0.2, 0.25) is 0 Å². The zero-order valence-electron chi connectivity index (χ0n) is 11.2. The normalized spacial score (nSPS) is 10.3. The lowest BCUT2D eigenvalue weighted by molar-refractivity contribution is 0.0588. The van der Waals surface area contributed by atoms with E-state index >= 15 is 0 Å². The topological polar surface area (TPSA) is 53.3 Å². The Morgan fingerprint density at radius 2 is 1.95 bits per heavy atom. The lowest BCUT2D eigenvalue weighted by Gasteiger charge is -2.09. The summed E-state index contributed by atoms with van der Waals surface area (Å²) in [6.45, 7) is 2.43. The Balaban J connectivity index is 2.27. The van der Waals surface area contributed by atoms with Gasteiger partial charge in [-0.2, -0.15) is 0 Å². The number of esters is 1. The molecule has 5 heteroatoms. The summed E-state index contributed by atoms with van der Waals surface area (Å²) >= 11 is 0. The Kier molecular flexibility index (Phi) is 3.85. The van der Waals surface area contributed by atoms with Crippen LogP contribution in [-0.4, -0.2) is 29.7 Å². The molecule has 2 rings (SSSR count). The van der Waals surface area contributed by atoms with E-state index in [9.17, 15) is 4.79 Å². The molecule has 0 bridgehead atoms. The minimum absolute atomic E-state index is 0.380. The summed E-state index contributed by atoms with van der Waals surface area (Å²) in [7, 11) is 2.99. The Bertz CT molecular complexity index is 573. The number of imidazole rings is 1. The van der Waals surface area contributed by atoms with Gasteiger partial charge in [0.25, 0.3) is 0 Å². The van der Waals surface area contributed by atoms with Gasteiger partial charge in [0.2, 0.25) is 0 Å². The highest BCUT2D eigenvalue weighted by molar-refractivity contribution is 5.87. The number of carbonyl (C=O) groups excluding carboxylic acids is 1. The molecule has 19 heavy (non-hydrogen) atoms. The summed E-state index contributed by atoms with van der Waals surface area (Å²) in [5.74, 6) is 1.20. The summed E-state index contributed by atoms with van der Waals surface area (Å²) in [5, 5.41) is 0. The first kappa shape index (κ1) is 13.1. The second kappa shape index (κ2) is 5.56. The monoisotopic (exact) mass is 260 g/mol. The Labute approximate surface area is 111 Å². The van der Waals surface area contributed by atoms with Crippen LogP contribution < -0.4 is 4.74 Å². The fourth-order valence-corrected chi connectivity index (χ4v) is 1.85. The van der Waals surface area contributed by atoms with Crippen LogP contribution >= 0.6 is 0 Å². The quantitative estimate of drug-likeness (QED) is 0.789. The van der Waals surface area contributed by atoms with Crippen molar-refractivity contribution >= 4 is 5.97 Å². The van der Waals surface area contributed by atoms with Crippen LogP contribution in [0.4, 0.5) is 0 Å². The molecular weight excluding hydrogens is 244 g/mol. The molecule has 0 atom stereocenters. The van der Waals surface area contributed by atoms with Gasteiger partial charge in [-0.15, -0.1) is 0 Å². The third-order valence-electron chi connectivity index (χ3n) is 2.95. The van der Waals surface area contributed by atoms with Gasteiger partial charge < -0.3 is 14.0 Å². The second-order valence-electron chi connectivity index (χ2n) is 4.12. The fraction of sp³-hybridized carbons (Fsp3) is 0.286. The van der Waals surface area contributed by atoms with E-state index in [-0.39, 0.29) is 5.97 Å².